The number of carbonyl (C=O) groups excluding carboxylic acids is 3. The Hall–Kier alpha value is -4.33. The zero-order valence-electron chi connectivity index (χ0n) is 30.2. The van der Waals surface area contributed by atoms with E-state index in [1.807, 2.05) is 79.9 Å². The highest BCUT2D eigenvalue weighted by Gasteiger charge is 2.36. The SMILES string of the molecule is CC(C)c1nc(CN(C(=O)NC(C(=O)N[C@@H](Cc2ccccc2)[C@@H](O)C[C@H](Cc2ccccc2)NC(=O)OCc2cncs2)C(C)C)C2CC2)cs1. The van der Waals surface area contributed by atoms with Crippen molar-refractivity contribution in [2.75, 3.05) is 0 Å². The van der Waals surface area contributed by atoms with Crippen LogP contribution in [0.3, 0.4) is 0 Å². The van der Waals surface area contributed by atoms with Crippen molar-refractivity contribution in [2.45, 2.75) is 109 Å². The van der Waals surface area contributed by atoms with Crippen molar-refractivity contribution in [3.05, 3.63) is 104 Å². The van der Waals surface area contributed by atoms with Crippen molar-refractivity contribution in [3.8, 4) is 0 Å². The molecule has 2 heterocycles. The Morgan fingerprint density at radius 1 is 0.923 bits per heavy atom. The molecule has 13 heteroatoms. The molecule has 1 saturated carbocycles. The molecule has 2 aromatic heterocycles. The summed E-state index contributed by atoms with van der Waals surface area (Å²) in [6.45, 7) is 8.45. The Labute approximate surface area is 314 Å². The molecule has 1 aliphatic rings. The average molecular weight is 747 g/mol. The summed E-state index contributed by atoms with van der Waals surface area (Å²) in [6, 6.07) is 17.1. The van der Waals surface area contributed by atoms with Crippen LogP contribution >= 0.6 is 22.7 Å². The predicted molar refractivity (Wildman–Crippen MR) is 204 cm³/mol. The topological polar surface area (TPSA) is 146 Å². The molecule has 0 saturated heterocycles. The molecular formula is C39H50N6O5S2. The molecule has 0 bridgehead atoms. The Morgan fingerprint density at radius 3 is 2.17 bits per heavy atom. The van der Waals surface area contributed by atoms with E-state index in [9.17, 15) is 19.5 Å². The molecule has 0 aliphatic heterocycles. The highest BCUT2D eigenvalue weighted by atomic mass is 32.1. The number of urea groups is 1. The first-order valence-electron chi connectivity index (χ1n) is 17.9. The van der Waals surface area contributed by atoms with E-state index in [1.165, 1.54) is 11.3 Å². The number of thiazole rings is 2. The van der Waals surface area contributed by atoms with Gasteiger partial charge < -0.3 is 30.7 Å². The molecule has 0 radical (unpaired) electrons. The number of aliphatic hydroxyl groups is 1. The van der Waals surface area contributed by atoms with E-state index in [0.717, 1.165) is 39.5 Å². The number of benzene rings is 2. The molecule has 4 N–H and O–H groups in total. The zero-order valence-corrected chi connectivity index (χ0v) is 31.9. The summed E-state index contributed by atoms with van der Waals surface area (Å²) >= 11 is 2.99. The third-order valence-electron chi connectivity index (χ3n) is 8.96. The van der Waals surface area contributed by atoms with E-state index in [1.54, 1.807) is 27.9 Å². The van der Waals surface area contributed by atoms with Crippen molar-refractivity contribution in [2.24, 2.45) is 5.92 Å². The van der Waals surface area contributed by atoms with Crippen molar-refractivity contribution in [1.82, 2.24) is 30.8 Å². The molecule has 1 unspecified atom stereocenters. The lowest BCUT2D eigenvalue weighted by Crippen LogP contribution is -2.57. The minimum atomic E-state index is -1.05. The number of nitrogens with zero attached hydrogens (tertiary/aromatic N) is 3. The lowest BCUT2D eigenvalue weighted by Gasteiger charge is -2.31. The highest BCUT2D eigenvalue weighted by Crippen LogP contribution is 2.30. The summed E-state index contributed by atoms with van der Waals surface area (Å²) in [5.74, 6) is -0.305. The van der Waals surface area contributed by atoms with Crippen LogP contribution in [0.2, 0.25) is 0 Å². The maximum absolute atomic E-state index is 14.1. The van der Waals surface area contributed by atoms with E-state index in [4.69, 9.17) is 9.72 Å². The second kappa shape index (κ2) is 19.0. The first kappa shape index (κ1) is 38.9. The second-order valence-electron chi connectivity index (χ2n) is 14.0. The number of hydrogen-bond acceptors (Lipinski definition) is 9. The smallest absolute Gasteiger partial charge is 0.407 e. The van der Waals surface area contributed by atoms with Gasteiger partial charge in [-0.3, -0.25) is 9.78 Å². The van der Waals surface area contributed by atoms with Gasteiger partial charge in [0.15, 0.2) is 0 Å². The van der Waals surface area contributed by atoms with Crippen LogP contribution in [-0.4, -0.2) is 68.3 Å². The van der Waals surface area contributed by atoms with E-state index < -0.39 is 30.3 Å². The Morgan fingerprint density at radius 2 is 1.60 bits per heavy atom. The maximum atomic E-state index is 14.1. The Bertz CT molecular complexity index is 1700. The third kappa shape index (κ3) is 11.9. The van der Waals surface area contributed by atoms with Gasteiger partial charge in [-0.05, 0) is 49.1 Å². The summed E-state index contributed by atoms with van der Waals surface area (Å²) in [4.78, 5) is 52.1. The molecule has 4 amide bonds. The number of carbonyl (C=O) groups is 3. The van der Waals surface area contributed by atoms with Gasteiger partial charge in [0.25, 0.3) is 0 Å². The molecule has 4 atom stereocenters. The molecule has 4 aromatic rings. The second-order valence-corrected chi connectivity index (χ2v) is 15.9. The van der Waals surface area contributed by atoms with Crippen LogP contribution in [0.1, 0.15) is 79.6 Å². The molecular weight excluding hydrogens is 697 g/mol. The fraction of sp³-hybridized carbons (Fsp3) is 0.462. The fourth-order valence-corrected chi connectivity index (χ4v) is 7.30. The zero-order chi connectivity index (χ0) is 37.0. The van der Waals surface area contributed by atoms with Crippen molar-refractivity contribution >= 4 is 40.7 Å². The van der Waals surface area contributed by atoms with Crippen LogP contribution < -0.4 is 16.0 Å². The summed E-state index contributed by atoms with van der Waals surface area (Å²) in [7, 11) is 0. The van der Waals surface area contributed by atoms with E-state index in [0.29, 0.717) is 25.3 Å². The molecule has 278 valence electrons. The van der Waals surface area contributed by atoms with Gasteiger partial charge in [-0.2, -0.15) is 0 Å². The van der Waals surface area contributed by atoms with Crippen LogP contribution in [0, 0.1) is 5.92 Å². The van der Waals surface area contributed by atoms with E-state index in [2.05, 4.69) is 34.8 Å². The summed E-state index contributed by atoms with van der Waals surface area (Å²) in [6.07, 6.45) is 2.75. The molecule has 11 nitrogen and oxygen atoms in total. The quantitative estimate of drug-likeness (QED) is 0.0918. The van der Waals surface area contributed by atoms with Gasteiger partial charge in [-0.1, -0.05) is 88.4 Å². The van der Waals surface area contributed by atoms with Gasteiger partial charge in [-0.15, -0.1) is 22.7 Å². The largest absolute Gasteiger partial charge is 0.444 e. The van der Waals surface area contributed by atoms with E-state index in [-0.39, 0.29) is 36.9 Å². The van der Waals surface area contributed by atoms with Gasteiger partial charge in [-0.25, -0.2) is 14.6 Å². The number of hydrogen-bond donors (Lipinski definition) is 4. The van der Waals surface area contributed by atoms with Crippen LogP contribution in [0.4, 0.5) is 9.59 Å². The predicted octanol–water partition coefficient (Wildman–Crippen LogP) is 6.44. The van der Waals surface area contributed by atoms with Crippen LogP contribution in [0.15, 0.2) is 77.8 Å². The minimum absolute atomic E-state index is 0.0903. The van der Waals surface area contributed by atoms with Crippen molar-refractivity contribution < 1.29 is 24.2 Å². The Kier molecular flexibility index (Phi) is 14.2. The molecule has 52 heavy (non-hydrogen) atoms. The van der Waals surface area contributed by atoms with Crippen LogP contribution in [0.25, 0.3) is 0 Å². The average Bonchev–Trinajstić information content (AvgIpc) is 3.60. The van der Waals surface area contributed by atoms with Crippen LogP contribution in [0.5, 0.6) is 0 Å². The van der Waals surface area contributed by atoms with Crippen molar-refractivity contribution in [1.29, 1.82) is 0 Å². The first-order chi connectivity index (χ1) is 25.0. The Balaban J connectivity index is 1.29. The fourth-order valence-electron chi connectivity index (χ4n) is 5.97. The number of rotatable bonds is 18. The maximum Gasteiger partial charge on any atom is 0.407 e. The molecule has 2 aromatic carbocycles. The normalized spacial score (nSPS) is 15.1. The van der Waals surface area contributed by atoms with Gasteiger partial charge in [0.2, 0.25) is 5.91 Å². The lowest BCUT2D eigenvalue weighted by molar-refractivity contribution is -0.125. The standard InChI is InChI=1S/C39H50N6O5S2/c1-25(2)35(44-38(48)45(31-15-16-31)21-30-23-51-37(41-30)26(3)4)36(47)43-33(18-28-13-9-6-10-14-28)34(46)19-29(17-27-11-7-5-8-12-27)42-39(49)50-22-32-20-40-24-52-32/h5-14,20,23-26,29,31,33-35,46H,15-19,21-22H2,1-4H3,(H,42,49)(H,43,47)(H,44,48)/t29-,33-,34-,35?/m0/s1. The van der Waals surface area contributed by atoms with Gasteiger partial charge >= 0.3 is 12.1 Å². The number of ether oxygens (including phenoxy) is 1. The summed E-state index contributed by atoms with van der Waals surface area (Å²) in [5.41, 5.74) is 4.43. The molecule has 1 fully saturated rings. The number of amides is 4. The van der Waals surface area contributed by atoms with E-state index >= 15 is 0 Å². The number of nitrogens with one attached hydrogen (secondary N) is 3. The highest BCUT2D eigenvalue weighted by molar-refractivity contribution is 7.09. The van der Waals surface area contributed by atoms with Gasteiger partial charge in [0.1, 0.15) is 12.6 Å². The third-order valence-corrected chi connectivity index (χ3v) is 10.9. The number of aromatic nitrogens is 2. The molecule has 0 spiro atoms. The van der Waals surface area contributed by atoms with Crippen LogP contribution in [-0.2, 0) is 35.5 Å². The van der Waals surface area contributed by atoms with Gasteiger partial charge in [0, 0.05) is 29.6 Å². The summed E-state index contributed by atoms with van der Waals surface area (Å²) in [5, 5.41) is 23.9. The first-order valence-corrected chi connectivity index (χ1v) is 19.7. The van der Waals surface area contributed by atoms with Crippen molar-refractivity contribution in [3.63, 3.8) is 0 Å². The number of alkyl carbamates (subject to hydrolysis) is 1. The molecule has 1 aliphatic carbocycles. The monoisotopic (exact) mass is 746 g/mol. The van der Waals surface area contributed by atoms with Gasteiger partial charge in [0.05, 0.1) is 39.8 Å². The number of aliphatic hydroxyl groups excluding tert-OH is 1. The lowest BCUT2D eigenvalue weighted by atomic mass is 9.93. The molecule has 5 rings (SSSR count). The minimum Gasteiger partial charge on any atom is -0.444 e. The summed E-state index contributed by atoms with van der Waals surface area (Å²) < 4.78 is 5.46.